The number of esters is 1. The summed E-state index contributed by atoms with van der Waals surface area (Å²) in [5.74, 6) is 0.245. The van der Waals surface area contributed by atoms with Gasteiger partial charge in [-0.25, -0.2) is 0 Å². The van der Waals surface area contributed by atoms with E-state index in [0.717, 1.165) is 12.8 Å². The molecule has 0 saturated heterocycles. The van der Waals surface area contributed by atoms with Gasteiger partial charge < -0.3 is 9.84 Å². The van der Waals surface area contributed by atoms with Crippen LogP contribution in [-0.2, 0) is 9.53 Å². The molecule has 0 aromatic rings. The molecular formula is C17H32O3. The van der Waals surface area contributed by atoms with Crippen LogP contribution in [0.5, 0.6) is 0 Å². The Morgan fingerprint density at radius 1 is 1.25 bits per heavy atom. The summed E-state index contributed by atoms with van der Waals surface area (Å²) in [7, 11) is 0. The summed E-state index contributed by atoms with van der Waals surface area (Å²) in [4.78, 5) is 12.4. The molecule has 20 heavy (non-hydrogen) atoms. The Bertz CT molecular complexity index is 343. The van der Waals surface area contributed by atoms with Gasteiger partial charge in [-0.05, 0) is 58.3 Å². The van der Waals surface area contributed by atoms with Crippen LogP contribution in [0.3, 0.4) is 0 Å². The maximum Gasteiger partial charge on any atom is 0.312 e. The van der Waals surface area contributed by atoms with Crippen LogP contribution in [0.25, 0.3) is 0 Å². The molecule has 4 unspecified atom stereocenters. The van der Waals surface area contributed by atoms with Crippen molar-refractivity contribution >= 4 is 5.97 Å². The third kappa shape index (κ3) is 3.97. The largest absolute Gasteiger partial charge is 0.460 e. The van der Waals surface area contributed by atoms with E-state index in [0.29, 0.717) is 18.3 Å². The highest BCUT2D eigenvalue weighted by Gasteiger charge is 2.49. The first-order valence-corrected chi connectivity index (χ1v) is 7.92. The smallest absolute Gasteiger partial charge is 0.312 e. The molecule has 0 aromatic heterocycles. The minimum absolute atomic E-state index is 0.168. The summed E-state index contributed by atoms with van der Waals surface area (Å²) in [6, 6.07) is 0. The fourth-order valence-electron chi connectivity index (χ4n) is 3.53. The Kier molecular flexibility index (Phi) is 5.29. The molecule has 118 valence electrons. The van der Waals surface area contributed by atoms with Gasteiger partial charge in [0.2, 0.25) is 0 Å². The number of carbonyl (C=O) groups is 1. The minimum atomic E-state index is -0.936. The second-order valence-corrected chi connectivity index (χ2v) is 7.98. The average Bonchev–Trinajstić information content (AvgIpc) is 2.24. The molecule has 0 spiro atoms. The van der Waals surface area contributed by atoms with Crippen molar-refractivity contribution in [2.24, 2.45) is 23.7 Å². The van der Waals surface area contributed by atoms with Crippen LogP contribution in [0.2, 0.25) is 0 Å². The maximum absolute atomic E-state index is 12.4. The van der Waals surface area contributed by atoms with Crippen molar-refractivity contribution in [3.05, 3.63) is 0 Å². The standard InChI is InChI=1S/C17H32O3/c1-11(2)14-9-8-12(3)10-17(14,19)13(4)15(18)20-16(5,6)7/h11-14,19H,8-10H2,1-7H3. The van der Waals surface area contributed by atoms with Crippen LogP contribution in [0.4, 0.5) is 0 Å². The molecule has 1 rings (SSSR count). The lowest BCUT2D eigenvalue weighted by atomic mass is 9.62. The summed E-state index contributed by atoms with van der Waals surface area (Å²) in [6.45, 7) is 13.8. The van der Waals surface area contributed by atoms with Gasteiger partial charge in [-0.3, -0.25) is 4.79 Å². The highest BCUT2D eigenvalue weighted by atomic mass is 16.6. The second kappa shape index (κ2) is 6.05. The number of hydrogen-bond donors (Lipinski definition) is 1. The summed E-state index contributed by atoms with van der Waals surface area (Å²) >= 11 is 0. The van der Waals surface area contributed by atoms with E-state index in [1.807, 2.05) is 27.7 Å². The molecule has 1 fully saturated rings. The first kappa shape index (κ1) is 17.5. The van der Waals surface area contributed by atoms with Crippen molar-refractivity contribution < 1.29 is 14.6 Å². The third-order valence-corrected chi connectivity index (χ3v) is 4.60. The van der Waals surface area contributed by atoms with E-state index in [9.17, 15) is 9.90 Å². The lowest BCUT2D eigenvalue weighted by Gasteiger charge is -2.47. The van der Waals surface area contributed by atoms with Crippen LogP contribution < -0.4 is 0 Å². The summed E-state index contributed by atoms with van der Waals surface area (Å²) < 4.78 is 5.48. The molecule has 3 nitrogen and oxygen atoms in total. The first-order valence-electron chi connectivity index (χ1n) is 7.92. The lowest BCUT2D eigenvalue weighted by molar-refractivity contribution is -0.180. The molecule has 0 aromatic carbocycles. The maximum atomic E-state index is 12.4. The molecule has 0 heterocycles. The summed E-state index contributed by atoms with van der Waals surface area (Å²) in [6.07, 6.45) is 2.81. The number of hydrogen-bond acceptors (Lipinski definition) is 3. The van der Waals surface area contributed by atoms with Crippen molar-refractivity contribution in [3.63, 3.8) is 0 Å². The van der Waals surface area contributed by atoms with Gasteiger partial charge in [0.05, 0.1) is 11.5 Å². The molecule has 1 N–H and O–H groups in total. The van der Waals surface area contributed by atoms with E-state index < -0.39 is 17.1 Å². The van der Waals surface area contributed by atoms with Gasteiger partial charge in [0, 0.05) is 0 Å². The van der Waals surface area contributed by atoms with E-state index >= 15 is 0 Å². The molecule has 4 atom stereocenters. The number of rotatable bonds is 3. The molecule has 0 aliphatic heterocycles. The van der Waals surface area contributed by atoms with Crippen LogP contribution >= 0.6 is 0 Å². The topological polar surface area (TPSA) is 46.5 Å². The van der Waals surface area contributed by atoms with Crippen LogP contribution in [0.15, 0.2) is 0 Å². The zero-order valence-corrected chi connectivity index (χ0v) is 14.2. The zero-order valence-electron chi connectivity index (χ0n) is 14.2. The Morgan fingerprint density at radius 3 is 2.25 bits per heavy atom. The van der Waals surface area contributed by atoms with Gasteiger partial charge in [0.1, 0.15) is 5.60 Å². The Morgan fingerprint density at radius 2 is 1.80 bits per heavy atom. The van der Waals surface area contributed by atoms with Crippen LogP contribution in [-0.4, -0.2) is 22.3 Å². The minimum Gasteiger partial charge on any atom is -0.460 e. The number of carbonyl (C=O) groups excluding carboxylic acids is 1. The van der Waals surface area contributed by atoms with Gasteiger partial charge in [-0.15, -0.1) is 0 Å². The lowest BCUT2D eigenvalue weighted by Crippen LogP contribution is -2.53. The van der Waals surface area contributed by atoms with Gasteiger partial charge in [0.25, 0.3) is 0 Å². The van der Waals surface area contributed by atoms with E-state index in [2.05, 4.69) is 20.8 Å². The van der Waals surface area contributed by atoms with Gasteiger partial charge >= 0.3 is 5.97 Å². The predicted octanol–water partition coefficient (Wildman–Crippen LogP) is 3.79. The molecule has 1 aliphatic rings. The summed E-state index contributed by atoms with van der Waals surface area (Å²) in [5.41, 5.74) is -1.44. The van der Waals surface area contributed by atoms with Crippen LogP contribution in [0, 0.1) is 23.7 Å². The van der Waals surface area contributed by atoms with E-state index in [1.165, 1.54) is 0 Å². The highest BCUT2D eigenvalue weighted by Crippen LogP contribution is 2.45. The molecule has 1 saturated carbocycles. The van der Waals surface area contributed by atoms with Crippen molar-refractivity contribution in [1.29, 1.82) is 0 Å². The Balaban J connectivity index is 2.94. The van der Waals surface area contributed by atoms with Gasteiger partial charge in [-0.1, -0.05) is 27.2 Å². The molecule has 3 heteroatoms. The Labute approximate surface area is 124 Å². The van der Waals surface area contributed by atoms with Gasteiger partial charge in [-0.2, -0.15) is 0 Å². The third-order valence-electron chi connectivity index (χ3n) is 4.60. The van der Waals surface area contributed by atoms with Crippen molar-refractivity contribution in [2.75, 3.05) is 0 Å². The van der Waals surface area contributed by atoms with E-state index in [1.54, 1.807) is 0 Å². The van der Waals surface area contributed by atoms with Crippen molar-refractivity contribution in [3.8, 4) is 0 Å². The number of ether oxygens (including phenoxy) is 1. The fourth-order valence-corrected chi connectivity index (χ4v) is 3.53. The van der Waals surface area contributed by atoms with Crippen LogP contribution in [0.1, 0.15) is 67.7 Å². The van der Waals surface area contributed by atoms with Crippen molar-refractivity contribution in [2.45, 2.75) is 78.9 Å². The monoisotopic (exact) mass is 284 g/mol. The highest BCUT2D eigenvalue weighted by molar-refractivity contribution is 5.74. The average molecular weight is 284 g/mol. The normalized spacial score (nSPS) is 33.0. The quantitative estimate of drug-likeness (QED) is 0.802. The molecule has 1 aliphatic carbocycles. The van der Waals surface area contributed by atoms with E-state index in [-0.39, 0.29) is 11.9 Å². The first-order chi connectivity index (χ1) is 8.97. The summed E-state index contributed by atoms with van der Waals surface area (Å²) in [5, 5.41) is 11.2. The number of aliphatic hydroxyl groups is 1. The zero-order chi connectivity index (χ0) is 15.7. The van der Waals surface area contributed by atoms with Gasteiger partial charge in [0.15, 0.2) is 0 Å². The Hall–Kier alpha value is -0.570. The SMILES string of the molecule is CC1CCC(C(C)C)C(O)(C(C)C(=O)OC(C)(C)C)C1. The predicted molar refractivity (Wildman–Crippen MR) is 81.3 cm³/mol. The van der Waals surface area contributed by atoms with E-state index in [4.69, 9.17) is 4.74 Å². The second-order valence-electron chi connectivity index (χ2n) is 7.98. The molecule has 0 amide bonds. The molecular weight excluding hydrogens is 252 g/mol. The molecule has 0 radical (unpaired) electrons. The van der Waals surface area contributed by atoms with Crippen molar-refractivity contribution in [1.82, 2.24) is 0 Å². The fraction of sp³-hybridized carbons (Fsp3) is 0.941. The molecule has 0 bridgehead atoms.